The zero-order chi connectivity index (χ0) is 20.8. The molecule has 0 aliphatic carbocycles. The molecule has 30 heavy (non-hydrogen) atoms. The van der Waals surface area contributed by atoms with E-state index in [-0.39, 0.29) is 0 Å². The van der Waals surface area contributed by atoms with Gasteiger partial charge >= 0.3 is 0 Å². The van der Waals surface area contributed by atoms with Crippen molar-refractivity contribution in [3.8, 4) is 5.75 Å². The molecule has 2 aromatic heterocycles. The van der Waals surface area contributed by atoms with Crippen LogP contribution in [0.25, 0.3) is 0 Å². The summed E-state index contributed by atoms with van der Waals surface area (Å²) >= 11 is 1.52. The Morgan fingerprint density at radius 3 is 2.50 bits per heavy atom. The second-order valence-corrected chi connectivity index (χ2v) is 7.72. The quantitative estimate of drug-likeness (QED) is 0.369. The minimum Gasteiger partial charge on any atom is -0.486 e. The van der Waals surface area contributed by atoms with Crippen LogP contribution in [0.4, 0.5) is 0 Å². The Balaban J connectivity index is 1.51. The first-order chi connectivity index (χ1) is 14.7. The van der Waals surface area contributed by atoms with Crippen molar-refractivity contribution in [1.29, 1.82) is 0 Å². The van der Waals surface area contributed by atoms with Gasteiger partial charge in [-0.3, -0.25) is 4.57 Å². The van der Waals surface area contributed by atoms with E-state index in [2.05, 4.69) is 56.1 Å². The van der Waals surface area contributed by atoms with Gasteiger partial charge in [0.25, 0.3) is 0 Å². The van der Waals surface area contributed by atoms with E-state index in [1.807, 2.05) is 30.3 Å². The molecule has 0 aliphatic heterocycles. The third-order valence-electron chi connectivity index (χ3n) is 4.57. The van der Waals surface area contributed by atoms with Gasteiger partial charge in [-0.25, -0.2) is 0 Å². The third kappa shape index (κ3) is 5.07. The lowest BCUT2D eigenvalue weighted by Crippen LogP contribution is -2.09. The van der Waals surface area contributed by atoms with Crippen LogP contribution in [0.1, 0.15) is 35.6 Å². The van der Waals surface area contributed by atoms with Gasteiger partial charge in [-0.1, -0.05) is 66.3 Å². The van der Waals surface area contributed by atoms with E-state index in [1.54, 1.807) is 6.92 Å². The molecule has 0 saturated heterocycles. The van der Waals surface area contributed by atoms with Crippen molar-refractivity contribution in [2.45, 2.75) is 44.3 Å². The van der Waals surface area contributed by atoms with Gasteiger partial charge in [0, 0.05) is 0 Å². The van der Waals surface area contributed by atoms with Gasteiger partial charge in [0.05, 0.1) is 12.3 Å². The molecule has 0 amide bonds. The Morgan fingerprint density at radius 1 is 1.00 bits per heavy atom. The van der Waals surface area contributed by atoms with E-state index in [4.69, 9.17) is 9.26 Å². The molecule has 0 saturated carbocycles. The maximum absolute atomic E-state index is 5.98. The standard InChI is InChI=1S/C22H23N5O2S/c1-3-17-9-11-19(12-10-17)28-14-20-24-25-22(30-15-21-23-16(2)26-29-21)27(20)13-18-7-5-4-6-8-18/h4-12H,3,13-15H2,1-2H3. The van der Waals surface area contributed by atoms with E-state index >= 15 is 0 Å². The molecule has 0 fully saturated rings. The highest BCUT2D eigenvalue weighted by Crippen LogP contribution is 2.23. The van der Waals surface area contributed by atoms with Crippen LogP contribution >= 0.6 is 11.8 Å². The normalized spacial score (nSPS) is 11.0. The summed E-state index contributed by atoms with van der Waals surface area (Å²) < 4.78 is 13.3. The van der Waals surface area contributed by atoms with Crippen LogP contribution in [0.3, 0.4) is 0 Å². The van der Waals surface area contributed by atoms with Crippen LogP contribution in [0, 0.1) is 6.92 Å². The third-order valence-corrected chi connectivity index (χ3v) is 5.52. The van der Waals surface area contributed by atoms with E-state index < -0.39 is 0 Å². The summed E-state index contributed by atoms with van der Waals surface area (Å²) in [6.07, 6.45) is 1.01. The Morgan fingerprint density at radius 2 is 1.80 bits per heavy atom. The van der Waals surface area contributed by atoms with Gasteiger partial charge in [0.2, 0.25) is 5.89 Å². The maximum atomic E-state index is 5.98. The predicted octanol–water partition coefficient (Wildman–Crippen LogP) is 4.45. The maximum Gasteiger partial charge on any atom is 0.237 e. The molecule has 7 nitrogen and oxygen atoms in total. The SMILES string of the molecule is CCc1ccc(OCc2nnc(SCc3nc(C)no3)n2Cc2ccccc2)cc1. The van der Waals surface area contributed by atoms with Crippen molar-refractivity contribution in [3.63, 3.8) is 0 Å². The summed E-state index contributed by atoms with van der Waals surface area (Å²) in [6.45, 7) is 4.94. The van der Waals surface area contributed by atoms with E-state index in [1.165, 1.54) is 22.9 Å². The highest BCUT2D eigenvalue weighted by molar-refractivity contribution is 7.98. The molecule has 0 radical (unpaired) electrons. The number of rotatable bonds is 9. The molecule has 0 unspecified atom stereocenters. The van der Waals surface area contributed by atoms with Crippen LogP contribution in [0.15, 0.2) is 64.3 Å². The fraction of sp³-hybridized carbons (Fsp3) is 0.273. The zero-order valence-electron chi connectivity index (χ0n) is 17.0. The summed E-state index contributed by atoms with van der Waals surface area (Å²) in [7, 11) is 0. The van der Waals surface area contributed by atoms with E-state index in [0.717, 1.165) is 23.2 Å². The first-order valence-electron chi connectivity index (χ1n) is 9.81. The first kappa shape index (κ1) is 20.2. The van der Waals surface area contributed by atoms with Crippen molar-refractivity contribution in [2.75, 3.05) is 0 Å². The summed E-state index contributed by atoms with van der Waals surface area (Å²) in [6, 6.07) is 18.4. The minimum atomic E-state index is 0.339. The van der Waals surface area contributed by atoms with Crippen molar-refractivity contribution in [1.82, 2.24) is 24.9 Å². The number of nitrogens with zero attached hydrogens (tertiary/aromatic N) is 5. The van der Waals surface area contributed by atoms with Gasteiger partial charge in [0.1, 0.15) is 12.4 Å². The first-order valence-corrected chi connectivity index (χ1v) is 10.8. The highest BCUT2D eigenvalue weighted by atomic mass is 32.2. The molecule has 4 rings (SSSR count). The molecule has 0 bridgehead atoms. The number of aromatic nitrogens is 5. The number of hydrogen-bond acceptors (Lipinski definition) is 7. The zero-order valence-corrected chi connectivity index (χ0v) is 17.8. The lowest BCUT2D eigenvalue weighted by atomic mass is 10.2. The van der Waals surface area contributed by atoms with E-state index in [9.17, 15) is 0 Å². The van der Waals surface area contributed by atoms with Crippen LogP contribution in [-0.2, 0) is 25.3 Å². The summed E-state index contributed by atoms with van der Waals surface area (Å²) in [5.74, 6) is 3.31. The van der Waals surface area contributed by atoms with Crippen molar-refractivity contribution in [3.05, 3.63) is 83.3 Å². The lowest BCUT2D eigenvalue weighted by Gasteiger charge is -2.11. The van der Waals surface area contributed by atoms with Crippen LogP contribution in [-0.4, -0.2) is 24.9 Å². The van der Waals surface area contributed by atoms with Crippen molar-refractivity contribution in [2.24, 2.45) is 0 Å². The average molecular weight is 422 g/mol. The fourth-order valence-electron chi connectivity index (χ4n) is 2.95. The number of aryl methyl sites for hydroxylation is 2. The largest absolute Gasteiger partial charge is 0.486 e. The van der Waals surface area contributed by atoms with Gasteiger partial charge in [0.15, 0.2) is 16.8 Å². The summed E-state index contributed by atoms with van der Waals surface area (Å²) in [5.41, 5.74) is 2.45. The van der Waals surface area contributed by atoms with Crippen LogP contribution in [0.2, 0.25) is 0 Å². The smallest absolute Gasteiger partial charge is 0.237 e. The monoisotopic (exact) mass is 421 g/mol. The number of thioether (sulfide) groups is 1. The number of ether oxygens (including phenoxy) is 1. The summed E-state index contributed by atoms with van der Waals surface area (Å²) in [5, 5.41) is 13.4. The second-order valence-electron chi connectivity index (χ2n) is 6.78. The Labute approximate surface area is 179 Å². The molecule has 154 valence electrons. The molecule has 2 aromatic carbocycles. The average Bonchev–Trinajstić information content (AvgIpc) is 3.37. The van der Waals surface area contributed by atoms with Gasteiger partial charge in [-0.2, -0.15) is 4.98 Å². The Bertz CT molecular complexity index is 1080. The fourth-order valence-corrected chi connectivity index (χ4v) is 3.75. The molecule has 4 aromatic rings. The van der Waals surface area contributed by atoms with Crippen LogP contribution in [0.5, 0.6) is 5.75 Å². The number of hydrogen-bond donors (Lipinski definition) is 0. The van der Waals surface area contributed by atoms with Crippen molar-refractivity contribution >= 4 is 11.8 Å². The summed E-state index contributed by atoms with van der Waals surface area (Å²) in [4.78, 5) is 4.26. The molecule has 0 spiro atoms. The van der Waals surface area contributed by atoms with Gasteiger partial charge in [-0.05, 0) is 36.6 Å². The van der Waals surface area contributed by atoms with E-state index in [0.29, 0.717) is 30.6 Å². The molecular weight excluding hydrogens is 398 g/mol. The van der Waals surface area contributed by atoms with Crippen LogP contribution < -0.4 is 4.74 Å². The molecule has 0 atom stereocenters. The molecule has 2 heterocycles. The van der Waals surface area contributed by atoms with Gasteiger partial charge < -0.3 is 9.26 Å². The predicted molar refractivity (Wildman–Crippen MR) is 114 cm³/mol. The molecule has 0 aliphatic rings. The highest BCUT2D eigenvalue weighted by Gasteiger charge is 2.15. The van der Waals surface area contributed by atoms with Crippen molar-refractivity contribution < 1.29 is 9.26 Å². The molecule has 8 heteroatoms. The minimum absolute atomic E-state index is 0.339. The molecular formula is C22H23N5O2S. The Hall–Kier alpha value is -3.13. The Kier molecular flexibility index (Phi) is 6.44. The van der Waals surface area contributed by atoms with Gasteiger partial charge in [-0.15, -0.1) is 10.2 Å². The second kappa shape index (κ2) is 9.58. The number of benzene rings is 2. The topological polar surface area (TPSA) is 78.9 Å². The molecule has 0 N–H and O–H groups in total. The lowest BCUT2D eigenvalue weighted by molar-refractivity contribution is 0.289.